The standard InChI is InChI=1S/C18H32N4O7S/c1-22(2)8-11(29-3)6-12(9-22)30-10-14(17(26)20-7-16(24)25)21-15(23)5-4-13(19)18(27)28/h11-14H,4-10,19H2,1-3H3,(H3-,20,21,23,24,25,26,27,28)/p+1/t11-,12+,13-,14+/m0/s1. The maximum absolute atomic E-state index is 12.4. The number of amides is 2. The zero-order valence-corrected chi connectivity index (χ0v) is 18.4. The first-order valence-electron chi connectivity index (χ1n) is 9.67. The summed E-state index contributed by atoms with van der Waals surface area (Å²) in [5.74, 6) is -3.27. The molecule has 0 aromatic carbocycles. The van der Waals surface area contributed by atoms with E-state index in [1.54, 1.807) is 7.11 Å². The normalized spacial score (nSPS) is 22.5. The molecule has 0 bridgehead atoms. The number of nitrogens with two attached hydrogens (primary N) is 1. The molecule has 1 aliphatic rings. The first-order valence-corrected chi connectivity index (χ1v) is 10.7. The summed E-state index contributed by atoms with van der Waals surface area (Å²) in [7, 11) is 5.87. The Bertz CT molecular complexity index is 632. The van der Waals surface area contributed by atoms with Gasteiger partial charge in [-0.25, -0.2) is 0 Å². The first kappa shape index (κ1) is 26.1. The maximum atomic E-state index is 12.4. The average molecular weight is 450 g/mol. The number of rotatable bonds is 12. The molecular weight excluding hydrogens is 416 g/mol. The van der Waals surface area contributed by atoms with Crippen molar-refractivity contribution in [3.63, 3.8) is 0 Å². The van der Waals surface area contributed by atoms with Gasteiger partial charge in [-0.2, -0.15) is 0 Å². The molecule has 0 spiro atoms. The molecule has 0 aromatic heterocycles. The summed E-state index contributed by atoms with van der Waals surface area (Å²) in [6.07, 6.45) is 0.688. The van der Waals surface area contributed by atoms with Gasteiger partial charge in [-0.05, 0) is 12.8 Å². The number of hydrogen-bond donors (Lipinski definition) is 5. The zero-order valence-electron chi connectivity index (χ0n) is 17.6. The number of carbonyl (C=O) groups is 4. The number of nitrogens with one attached hydrogen (secondary N) is 2. The molecule has 2 amide bonds. The van der Waals surface area contributed by atoms with E-state index in [-0.39, 0.29) is 29.9 Å². The van der Waals surface area contributed by atoms with E-state index in [2.05, 4.69) is 24.7 Å². The van der Waals surface area contributed by atoms with Crippen molar-refractivity contribution in [3.8, 4) is 0 Å². The smallest absolute Gasteiger partial charge is 0.322 e. The van der Waals surface area contributed by atoms with Crippen molar-refractivity contribution in [2.75, 3.05) is 46.6 Å². The van der Waals surface area contributed by atoms with Gasteiger partial charge in [0.15, 0.2) is 0 Å². The van der Waals surface area contributed by atoms with E-state index >= 15 is 0 Å². The molecule has 6 N–H and O–H groups in total. The van der Waals surface area contributed by atoms with Gasteiger partial charge in [0, 0.05) is 19.3 Å². The SMILES string of the molecule is CO[C@H]1C[C@@H](SC[C@@H](NC(=O)CC[C@H](N)C(=O)O)C(=O)NCC(=O)O)C[N+](C)(C)C1. The van der Waals surface area contributed by atoms with Crippen LogP contribution >= 0.6 is 11.8 Å². The summed E-state index contributed by atoms with van der Waals surface area (Å²) in [5, 5.41) is 22.6. The zero-order chi connectivity index (χ0) is 22.9. The Balaban J connectivity index is 2.70. The van der Waals surface area contributed by atoms with Crippen LogP contribution in [-0.4, -0.2) is 108 Å². The topological polar surface area (TPSA) is 168 Å². The van der Waals surface area contributed by atoms with E-state index in [0.717, 1.165) is 24.0 Å². The fraction of sp³-hybridized carbons (Fsp3) is 0.778. The van der Waals surface area contributed by atoms with E-state index in [4.69, 9.17) is 20.7 Å². The Kier molecular flexibility index (Phi) is 10.5. The van der Waals surface area contributed by atoms with Crippen LogP contribution in [0.2, 0.25) is 0 Å². The summed E-state index contributed by atoms with van der Waals surface area (Å²) >= 11 is 1.52. The lowest BCUT2D eigenvalue weighted by Gasteiger charge is -2.41. The molecule has 11 nitrogen and oxygen atoms in total. The average Bonchev–Trinajstić information content (AvgIpc) is 2.65. The van der Waals surface area contributed by atoms with Crippen molar-refractivity contribution in [3.05, 3.63) is 0 Å². The molecule has 12 heteroatoms. The quantitative estimate of drug-likeness (QED) is 0.222. The second-order valence-corrected chi connectivity index (χ2v) is 9.40. The highest BCUT2D eigenvalue weighted by atomic mass is 32.2. The largest absolute Gasteiger partial charge is 0.480 e. The molecule has 1 aliphatic heterocycles. The Morgan fingerprint density at radius 1 is 1.23 bits per heavy atom. The van der Waals surface area contributed by atoms with Crippen molar-refractivity contribution in [1.82, 2.24) is 10.6 Å². The number of nitrogens with zero attached hydrogens (tertiary/aromatic N) is 1. The maximum Gasteiger partial charge on any atom is 0.322 e. The number of likely N-dealkylation sites (N-methyl/N-ethyl adjacent to an activating group) is 1. The van der Waals surface area contributed by atoms with Crippen molar-refractivity contribution in [2.24, 2.45) is 5.73 Å². The number of quaternary nitrogens is 1. The number of methoxy groups -OCH3 is 1. The molecule has 0 unspecified atom stereocenters. The predicted molar refractivity (Wildman–Crippen MR) is 111 cm³/mol. The van der Waals surface area contributed by atoms with Crippen LogP contribution in [0.5, 0.6) is 0 Å². The number of carbonyl (C=O) groups excluding carboxylic acids is 2. The third kappa shape index (κ3) is 9.74. The molecule has 0 aliphatic carbocycles. The Morgan fingerprint density at radius 3 is 2.47 bits per heavy atom. The highest BCUT2D eigenvalue weighted by molar-refractivity contribution is 8.00. The summed E-state index contributed by atoms with van der Waals surface area (Å²) < 4.78 is 6.28. The van der Waals surface area contributed by atoms with Crippen LogP contribution < -0.4 is 16.4 Å². The molecule has 172 valence electrons. The van der Waals surface area contributed by atoms with E-state index in [1.165, 1.54) is 11.8 Å². The number of hydrogen-bond acceptors (Lipinski definition) is 7. The highest BCUT2D eigenvalue weighted by Gasteiger charge is 2.35. The van der Waals surface area contributed by atoms with Gasteiger partial charge in [-0.3, -0.25) is 19.2 Å². The van der Waals surface area contributed by atoms with Crippen LogP contribution in [0.4, 0.5) is 0 Å². The number of thioether (sulfide) groups is 1. The molecule has 1 saturated heterocycles. The monoisotopic (exact) mass is 449 g/mol. The van der Waals surface area contributed by atoms with Gasteiger partial charge in [0.25, 0.3) is 0 Å². The Hall–Kier alpha value is -1.89. The van der Waals surface area contributed by atoms with Crippen LogP contribution in [0.1, 0.15) is 19.3 Å². The van der Waals surface area contributed by atoms with Crippen LogP contribution in [0.3, 0.4) is 0 Å². The second-order valence-electron chi connectivity index (χ2n) is 8.06. The fourth-order valence-electron chi connectivity index (χ4n) is 3.29. The van der Waals surface area contributed by atoms with Gasteiger partial charge in [-0.15, -0.1) is 11.8 Å². The van der Waals surface area contributed by atoms with Gasteiger partial charge < -0.3 is 35.8 Å². The number of ether oxygens (including phenoxy) is 1. The van der Waals surface area contributed by atoms with Crippen molar-refractivity contribution in [1.29, 1.82) is 0 Å². The highest BCUT2D eigenvalue weighted by Crippen LogP contribution is 2.27. The number of carboxylic acids is 2. The molecule has 30 heavy (non-hydrogen) atoms. The van der Waals surface area contributed by atoms with Gasteiger partial charge in [0.1, 0.15) is 31.3 Å². The lowest BCUT2D eigenvalue weighted by atomic mass is 10.1. The molecule has 0 radical (unpaired) electrons. The lowest BCUT2D eigenvalue weighted by molar-refractivity contribution is -0.897. The van der Waals surface area contributed by atoms with Crippen LogP contribution in [0.15, 0.2) is 0 Å². The van der Waals surface area contributed by atoms with E-state index in [9.17, 15) is 19.2 Å². The summed E-state index contributed by atoms with van der Waals surface area (Å²) in [4.78, 5) is 46.1. The van der Waals surface area contributed by atoms with Crippen LogP contribution in [0.25, 0.3) is 0 Å². The molecular formula is C18H33N4O7S+. The first-order chi connectivity index (χ1) is 13.9. The van der Waals surface area contributed by atoms with Gasteiger partial charge in [0.05, 0.1) is 25.9 Å². The summed E-state index contributed by atoms with van der Waals surface area (Å²) in [5.41, 5.74) is 5.40. The summed E-state index contributed by atoms with van der Waals surface area (Å²) in [6.45, 7) is 1.20. The molecule has 0 saturated carbocycles. The minimum Gasteiger partial charge on any atom is -0.480 e. The lowest BCUT2D eigenvalue weighted by Crippen LogP contribution is -2.55. The Morgan fingerprint density at radius 2 is 1.90 bits per heavy atom. The van der Waals surface area contributed by atoms with Gasteiger partial charge in [0.2, 0.25) is 11.8 Å². The van der Waals surface area contributed by atoms with E-state index < -0.39 is 42.4 Å². The predicted octanol–water partition coefficient (Wildman–Crippen LogP) is -1.54. The fourth-order valence-corrected chi connectivity index (χ4v) is 4.85. The van der Waals surface area contributed by atoms with Gasteiger partial charge in [-0.1, -0.05) is 0 Å². The van der Waals surface area contributed by atoms with E-state index in [0.29, 0.717) is 0 Å². The van der Waals surface area contributed by atoms with E-state index in [1.807, 2.05) is 0 Å². The molecule has 0 aromatic rings. The number of piperidine rings is 1. The van der Waals surface area contributed by atoms with Gasteiger partial charge >= 0.3 is 11.9 Å². The molecule has 1 rings (SSSR count). The second kappa shape index (κ2) is 12.1. The van der Waals surface area contributed by atoms with Crippen LogP contribution in [0, 0.1) is 0 Å². The summed E-state index contributed by atoms with van der Waals surface area (Å²) in [6, 6.07) is -2.11. The third-order valence-electron chi connectivity index (χ3n) is 4.82. The van der Waals surface area contributed by atoms with Crippen molar-refractivity contribution >= 4 is 35.5 Å². The molecule has 1 fully saturated rings. The Labute approximate surface area is 180 Å². The van der Waals surface area contributed by atoms with Crippen molar-refractivity contribution in [2.45, 2.75) is 42.7 Å². The third-order valence-corrected chi connectivity index (χ3v) is 6.16. The number of carboxylic acid groups (broad SMARTS) is 2. The van der Waals surface area contributed by atoms with Crippen molar-refractivity contribution < 1.29 is 38.6 Å². The minimum atomic E-state index is -1.21. The minimum absolute atomic E-state index is 0.0679. The molecule has 4 atom stereocenters. The van der Waals surface area contributed by atoms with Crippen LogP contribution in [-0.2, 0) is 23.9 Å². The molecule has 1 heterocycles. The number of likely N-dealkylation sites (tertiary alicyclic amines) is 1. The number of aliphatic carboxylic acids is 2.